The molecular formula is C18H24ClN3O4. The van der Waals surface area contributed by atoms with Crippen molar-refractivity contribution in [3.8, 4) is 0 Å². The fourth-order valence-electron chi connectivity index (χ4n) is 3.14. The maximum Gasteiger partial charge on any atom is 0.261 e. The molecule has 3 amide bonds. The standard InChI is InChI=1S/C18H23N3O4.ClH/c1-11(9-19)20(2)16(22)12-5-6-14-15(8-12)18(24)21(17(14)23)10-13-4-3-7-25-13;/h5-6,8,11,13H,3-4,7,9-10,19H2,1-2H3;1H. The number of benzene rings is 1. The number of nitrogens with zero attached hydrogens (tertiary/aromatic N) is 2. The van der Waals surface area contributed by atoms with Crippen LogP contribution in [0, 0.1) is 0 Å². The number of likely N-dealkylation sites (N-methyl/N-ethyl adjacent to an activating group) is 1. The van der Waals surface area contributed by atoms with Crippen LogP contribution in [0.15, 0.2) is 18.2 Å². The third-order valence-corrected chi connectivity index (χ3v) is 4.95. The van der Waals surface area contributed by atoms with Crippen molar-refractivity contribution in [3.63, 3.8) is 0 Å². The number of amides is 3. The lowest BCUT2D eigenvalue weighted by atomic mass is 10.0. The normalized spacial score (nSPS) is 20.0. The molecule has 26 heavy (non-hydrogen) atoms. The molecule has 3 rings (SSSR count). The molecule has 7 nitrogen and oxygen atoms in total. The van der Waals surface area contributed by atoms with Gasteiger partial charge in [0.1, 0.15) is 0 Å². The van der Waals surface area contributed by atoms with Crippen LogP contribution < -0.4 is 5.73 Å². The van der Waals surface area contributed by atoms with Gasteiger partial charge in [-0.3, -0.25) is 19.3 Å². The summed E-state index contributed by atoms with van der Waals surface area (Å²) in [5.41, 5.74) is 6.60. The maximum absolute atomic E-state index is 12.6. The molecule has 0 radical (unpaired) electrons. The number of hydrogen-bond acceptors (Lipinski definition) is 5. The van der Waals surface area contributed by atoms with Gasteiger partial charge in [0.2, 0.25) is 0 Å². The summed E-state index contributed by atoms with van der Waals surface area (Å²) in [6.45, 7) is 3.13. The van der Waals surface area contributed by atoms with E-state index in [4.69, 9.17) is 10.5 Å². The van der Waals surface area contributed by atoms with Gasteiger partial charge in [0.15, 0.2) is 0 Å². The zero-order valence-corrected chi connectivity index (χ0v) is 15.8. The van der Waals surface area contributed by atoms with Gasteiger partial charge in [0.05, 0.1) is 23.8 Å². The Labute approximate surface area is 158 Å². The number of carbonyl (C=O) groups is 3. The lowest BCUT2D eigenvalue weighted by molar-refractivity contribution is 0.0475. The summed E-state index contributed by atoms with van der Waals surface area (Å²) in [4.78, 5) is 40.4. The third-order valence-electron chi connectivity index (χ3n) is 4.95. The summed E-state index contributed by atoms with van der Waals surface area (Å²) < 4.78 is 5.52. The number of carbonyl (C=O) groups excluding carboxylic acids is 3. The van der Waals surface area contributed by atoms with Crippen molar-refractivity contribution >= 4 is 30.1 Å². The quantitative estimate of drug-likeness (QED) is 0.776. The first-order valence-corrected chi connectivity index (χ1v) is 8.53. The zero-order chi connectivity index (χ0) is 18.1. The van der Waals surface area contributed by atoms with Gasteiger partial charge in [-0.1, -0.05) is 0 Å². The molecular weight excluding hydrogens is 358 g/mol. The molecule has 2 atom stereocenters. The van der Waals surface area contributed by atoms with Crippen molar-refractivity contribution in [3.05, 3.63) is 34.9 Å². The largest absolute Gasteiger partial charge is 0.376 e. The van der Waals surface area contributed by atoms with Gasteiger partial charge in [0.25, 0.3) is 17.7 Å². The molecule has 2 unspecified atom stereocenters. The molecule has 2 aliphatic rings. The predicted octanol–water partition coefficient (Wildman–Crippen LogP) is 1.30. The molecule has 142 valence electrons. The summed E-state index contributed by atoms with van der Waals surface area (Å²) in [7, 11) is 1.67. The van der Waals surface area contributed by atoms with Crippen LogP contribution in [0.5, 0.6) is 0 Å². The van der Waals surface area contributed by atoms with E-state index in [0.29, 0.717) is 24.3 Å². The Morgan fingerprint density at radius 3 is 2.65 bits per heavy atom. The van der Waals surface area contributed by atoms with Crippen LogP contribution in [0.1, 0.15) is 50.8 Å². The first kappa shape index (κ1) is 20.4. The highest BCUT2D eigenvalue weighted by atomic mass is 35.5. The van der Waals surface area contributed by atoms with E-state index in [1.165, 1.54) is 15.9 Å². The topological polar surface area (TPSA) is 92.9 Å². The lowest BCUT2D eigenvalue weighted by Gasteiger charge is -2.23. The Hall–Kier alpha value is -1.96. The second kappa shape index (κ2) is 8.16. The van der Waals surface area contributed by atoms with E-state index in [-0.39, 0.29) is 54.4 Å². The highest BCUT2D eigenvalue weighted by molar-refractivity contribution is 6.22. The average Bonchev–Trinajstić information content (AvgIpc) is 3.22. The molecule has 2 heterocycles. The molecule has 0 saturated carbocycles. The van der Waals surface area contributed by atoms with Crippen LogP contribution in [0.2, 0.25) is 0 Å². The van der Waals surface area contributed by atoms with Gasteiger partial charge in [0, 0.05) is 31.8 Å². The number of fused-ring (bicyclic) bond motifs is 1. The van der Waals surface area contributed by atoms with E-state index in [1.54, 1.807) is 19.2 Å². The van der Waals surface area contributed by atoms with Gasteiger partial charge in [-0.05, 0) is 38.0 Å². The van der Waals surface area contributed by atoms with Crippen molar-refractivity contribution in [2.45, 2.75) is 31.9 Å². The summed E-state index contributed by atoms with van der Waals surface area (Å²) in [5.74, 6) is -0.906. The third kappa shape index (κ3) is 3.60. The lowest BCUT2D eigenvalue weighted by Crippen LogP contribution is -2.39. The van der Waals surface area contributed by atoms with E-state index in [1.807, 2.05) is 6.92 Å². The number of hydrogen-bond donors (Lipinski definition) is 1. The minimum Gasteiger partial charge on any atom is -0.376 e. The van der Waals surface area contributed by atoms with Crippen LogP contribution >= 0.6 is 12.4 Å². The van der Waals surface area contributed by atoms with Crippen LogP contribution in [0.4, 0.5) is 0 Å². The number of halogens is 1. The van der Waals surface area contributed by atoms with Gasteiger partial charge < -0.3 is 15.4 Å². The number of imide groups is 1. The summed E-state index contributed by atoms with van der Waals surface area (Å²) in [6.07, 6.45) is 1.69. The molecule has 0 bridgehead atoms. The molecule has 2 N–H and O–H groups in total. The summed E-state index contributed by atoms with van der Waals surface area (Å²) in [5, 5.41) is 0. The highest BCUT2D eigenvalue weighted by Gasteiger charge is 2.38. The van der Waals surface area contributed by atoms with Crippen molar-refractivity contribution in [2.75, 3.05) is 26.7 Å². The van der Waals surface area contributed by atoms with Crippen molar-refractivity contribution in [1.29, 1.82) is 0 Å². The summed E-state index contributed by atoms with van der Waals surface area (Å²) in [6, 6.07) is 4.53. The molecule has 1 fully saturated rings. The van der Waals surface area contributed by atoms with Gasteiger partial charge in [-0.15, -0.1) is 12.4 Å². The molecule has 1 aromatic rings. The van der Waals surface area contributed by atoms with E-state index in [0.717, 1.165) is 12.8 Å². The number of nitrogens with two attached hydrogens (primary N) is 1. The zero-order valence-electron chi connectivity index (χ0n) is 14.9. The Bertz CT molecular complexity index is 718. The monoisotopic (exact) mass is 381 g/mol. The van der Waals surface area contributed by atoms with Gasteiger partial charge in [-0.2, -0.15) is 0 Å². The second-order valence-corrected chi connectivity index (χ2v) is 6.62. The summed E-state index contributed by atoms with van der Waals surface area (Å²) >= 11 is 0. The molecule has 2 aliphatic heterocycles. The van der Waals surface area contributed by atoms with Crippen molar-refractivity contribution in [1.82, 2.24) is 9.80 Å². The molecule has 0 spiro atoms. The minimum absolute atomic E-state index is 0. The van der Waals surface area contributed by atoms with E-state index in [9.17, 15) is 14.4 Å². The van der Waals surface area contributed by atoms with Crippen LogP contribution in [0.3, 0.4) is 0 Å². The highest BCUT2D eigenvalue weighted by Crippen LogP contribution is 2.26. The molecule has 8 heteroatoms. The first-order chi connectivity index (χ1) is 11.9. The molecule has 1 saturated heterocycles. The van der Waals surface area contributed by atoms with Gasteiger partial charge in [-0.25, -0.2) is 0 Å². The minimum atomic E-state index is -0.361. The molecule has 0 aromatic heterocycles. The number of ether oxygens (including phenoxy) is 1. The van der Waals surface area contributed by atoms with E-state index >= 15 is 0 Å². The van der Waals surface area contributed by atoms with Gasteiger partial charge >= 0.3 is 0 Å². The fraction of sp³-hybridized carbons (Fsp3) is 0.500. The Balaban J connectivity index is 0.00000243. The predicted molar refractivity (Wildman–Crippen MR) is 98.6 cm³/mol. The van der Waals surface area contributed by atoms with Crippen molar-refractivity contribution in [2.24, 2.45) is 5.73 Å². The smallest absolute Gasteiger partial charge is 0.261 e. The maximum atomic E-state index is 12.6. The molecule has 1 aromatic carbocycles. The van der Waals surface area contributed by atoms with Crippen LogP contribution in [-0.2, 0) is 4.74 Å². The van der Waals surface area contributed by atoms with Crippen LogP contribution in [-0.4, -0.2) is 66.4 Å². The fourth-order valence-corrected chi connectivity index (χ4v) is 3.14. The number of rotatable bonds is 5. The van der Waals surface area contributed by atoms with Crippen LogP contribution in [0.25, 0.3) is 0 Å². The molecule has 0 aliphatic carbocycles. The SMILES string of the molecule is CC(CN)N(C)C(=O)c1ccc2c(c1)C(=O)N(CC1CCCO1)C2=O.Cl. The Morgan fingerprint density at radius 1 is 1.35 bits per heavy atom. The van der Waals surface area contributed by atoms with E-state index < -0.39 is 0 Å². The first-order valence-electron chi connectivity index (χ1n) is 8.53. The average molecular weight is 382 g/mol. The van der Waals surface area contributed by atoms with Crippen molar-refractivity contribution < 1.29 is 19.1 Å². The Morgan fingerprint density at radius 2 is 2.04 bits per heavy atom. The second-order valence-electron chi connectivity index (χ2n) is 6.62. The Kier molecular flexibility index (Phi) is 6.39. The van der Waals surface area contributed by atoms with E-state index in [2.05, 4.69) is 0 Å².